The molecule has 1 aromatic heterocycles. The highest BCUT2D eigenvalue weighted by Crippen LogP contribution is 2.45. The van der Waals surface area contributed by atoms with Crippen molar-refractivity contribution in [2.24, 2.45) is 0 Å². The molecule has 0 radical (unpaired) electrons. The molecule has 2 aromatic carbocycles. The molecule has 0 amide bonds. The average Bonchev–Trinajstić information content (AvgIpc) is 2.82. The molecule has 0 spiro atoms. The fourth-order valence-electron chi connectivity index (χ4n) is 4.02. The summed E-state index contributed by atoms with van der Waals surface area (Å²) in [5.74, 6) is -0.336. The minimum Gasteiger partial charge on any atom is -0.496 e. The number of carbonyl (C=O) groups is 1. The number of methoxy groups -OCH3 is 1. The van der Waals surface area contributed by atoms with Gasteiger partial charge in [-0.15, -0.1) is 0 Å². The SMILES string of the molecule is COc1cc(C#N)ccc1C1C(C(=O)OCc2ccccc2)=C(C)Nc2c(C)cncc21. The molecule has 3 aromatic rings. The second-order valence-corrected chi connectivity index (χ2v) is 7.65. The van der Waals surface area contributed by atoms with Crippen LogP contribution in [0.4, 0.5) is 5.69 Å². The molecule has 0 bridgehead atoms. The number of ether oxygens (including phenoxy) is 2. The van der Waals surface area contributed by atoms with Crippen LogP contribution in [0.15, 0.2) is 72.2 Å². The van der Waals surface area contributed by atoms with E-state index in [0.717, 1.165) is 27.9 Å². The van der Waals surface area contributed by atoms with E-state index < -0.39 is 11.9 Å². The first-order chi connectivity index (χ1) is 15.5. The second-order valence-electron chi connectivity index (χ2n) is 7.65. The van der Waals surface area contributed by atoms with Gasteiger partial charge in [0.15, 0.2) is 0 Å². The number of allylic oxidation sites excluding steroid dienone is 1. The summed E-state index contributed by atoms with van der Waals surface area (Å²) >= 11 is 0. The number of fused-ring (bicyclic) bond motifs is 1. The highest BCUT2D eigenvalue weighted by molar-refractivity contribution is 5.95. The molecule has 0 aliphatic carbocycles. The first kappa shape index (κ1) is 21.1. The molecule has 1 aliphatic rings. The number of hydrogen-bond donors (Lipinski definition) is 1. The Bertz CT molecular complexity index is 1240. The number of rotatable bonds is 5. The van der Waals surface area contributed by atoms with Crippen molar-refractivity contribution in [2.75, 3.05) is 12.4 Å². The van der Waals surface area contributed by atoms with Crippen LogP contribution in [0.5, 0.6) is 5.75 Å². The third-order valence-corrected chi connectivity index (χ3v) is 5.59. The third kappa shape index (κ3) is 3.93. The summed E-state index contributed by atoms with van der Waals surface area (Å²) in [6, 6.07) is 16.9. The monoisotopic (exact) mass is 425 g/mol. The van der Waals surface area contributed by atoms with Gasteiger partial charge in [-0.1, -0.05) is 36.4 Å². The molecular formula is C26H23N3O3. The van der Waals surface area contributed by atoms with Crippen molar-refractivity contribution in [3.8, 4) is 11.8 Å². The van der Waals surface area contributed by atoms with E-state index in [1.54, 1.807) is 31.6 Å². The number of nitrogens with zero attached hydrogens (tertiary/aromatic N) is 2. The second kappa shape index (κ2) is 8.94. The number of nitriles is 1. The molecule has 4 rings (SSSR count). The van der Waals surface area contributed by atoms with Gasteiger partial charge in [0.2, 0.25) is 0 Å². The van der Waals surface area contributed by atoms with Gasteiger partial charge in [-0.2, -0.15) is 5.26 Å². The lowest BCUT2D eigenvalue weighted by atomic mass is 9.80. The smallest absolute Gasteiger partial charge is 0.337 e. The highest BCUT2D eigenvalue weighted by atomic mass is 16.5. The summed E-state index contributed by atoms with van der Waals surface area (Å²) in [5, 5.41) is 12.7. The molecule has 160 valence electrons. The quantitative estimate of drug-likeness (QED) is 0.589. The zero-order valence-corrected chi connectivity index (χ0v) is 18.2. The molecule has 1 atom stereocenters. The number of aromatic nitrogens is 1. The zero-order chi connectivity index (χ0) is 22.7. The number of benzene rings is 2. The number of esters is 1. The molecular weight excluding hydrogens is 402 g/mol. The Labute approximate surface area is 187 Å². The van der Waals surface area contributed by atoms with Gasteiger partial charge in [0.1, 0.15) is 12.4 Å². The van der Waals surface area contributed by atoms with Gasteiger partial charge in [-0.25, -0.2) is 4.79 Å². The van der Waals surface area contributed by atoms with Crippen molar-refractivity contribution in [3.05, 3.63) is 100 Å². The topological polar surface area (TPSA) is 84.2 Å². The Hall–Kier alpha value is -4.11. The number of pyridine rings is 1. The Morgan fingerprint density at radius 3 is 2.62 bits per heavy atom. The van der Waals surface area contributed by atoms with Crippen LogP contribution in [-0.2, 0) is 16.1 Å². The van der Waals surface area contributed by atoms with Crippen LogP contribution in [-0.4, -0.2) is 18.1 Å². The zero-order valence-electron chi connectivity index (χ0n) is 18.2. The van der Waals surface area contributed by atoms with E-state index in [9.17, 15) is 10.1 Å². The maximum atomic E-state index is 13.3. The molecule has 1 aliphatic heterocycles. The molecule has 0 fully saturated rings. The van der Waals surface area contributed by atoms with Crippen LogP contribution in [0.2, 0.25) is 0 Å². The van der Waals surface area contributed by atoms with Gasteiger partial charge >= 0.3 is 5.97 Å². The van der Waals surface area contributed by atoms with E-state index in [2.05, 4.69) is 16.4 Å². The molecule has 1 N–H and O–H groups in total. The summed E-state index contributed by atoms with van der Waals surface area (Å²) in [7, 11) is 1.56. The number of nitrogens with one attached hydrogen (secondary N) is 1. The number of aryl methyl sites for hydroxylation is 1. The van der Waals surface area contributed by atoms with Gasteiger partial charge in [0, 0.05) is 34.9 Å². The molecule has 1 unspecified atom stereocenters. The summed E-state index contributed by atoms with van der Waals surface area (Å²) in [6.45, 7) is 4.01. The Kier molecular flexibility index (Phi) is 5.91. The van der Waals surface area contributed by atoms with Gasteiger partial charge in [-0.3, -0.25) is 4.98 Å². The van der Waals surface area contributed by atoms with Crippen molar-refractivity contribution in [3.63, 3.8) is 0 Å². The molecule has 32 heavy (non-hydrogen) atoms. The van der Waals surface area contributed by atoms with Crippen LogP contribution in [0.3, 0.4) is 0 Å². The van der Waals surface area contributed by atoms with Gasteiger partial charge in [-0.05, 0) is 37.1 Å². The van der Waals surface area contributed by atoms with Crippen molar-refractivity contribution in [2.45, 2.75) is 26.4 Å². The van der Waals surface area contributed by atoms with E-state index in [1.165, 1.54) is 0 Å². The van der Waals surface area contributed by atoms with E-state index in [-0.39, 0.29) is 6.61 Å². The minimum absolute atomic E-state index is 0.173. The Balaban J connectivity index is 1.81. The van der Waals surface area contributed by atoms with Crippen LogP contribution in [0, 0.1) is 18.3 Å². The third-order valence-electron chi connectivity index (χ3n) is 5.59. The Morgan fingerprint density at radius 1 is 1.12 bits per heavy atom. The fourth-order valence-corrected chi connectivity index (χ4v) is 4.02. The first-order valence-electron chi connectivity index (χ1n) is 10.2. The number of anilines is 1. The van der Waals surface area contributed by atoms with Crippen molar-refractivity contribution >= 4 is 11.7 Å². The summed E-state index contributed by atoms with van der Waals surface area (Å²) < 4.78 is 11.3. The number of hydrogen-bond acceptors (Lipinski definition) is 6. The summed E-state index contributed by atoms with van der Waals surface area (Å²) in [6.07, 6.45) is 3.54. The normalized spacial score (nSPS) is 14.8. The minimum atomic E-state index is -0.454. The van der Waals surface area contributed by atoms with Gasteiger partial charge in [0.25, 0.3) is 0 Å². The maximum Gasteiger partial charge on any atom is 0.337 e. The fraction of sp³-hybridized carbons (Fsp3) is 0.192. The number of carbonyl (C=O) groups excluding carboxylic acids is 1. The van der Waals surface area contributed by atoms with Gasteiger partial charge < -0.3 is 14.8 Å². The van der Waals surface area contributed by atoms with E-state index >= 15 is 0 Å². The highest BCUT2D eigenvalue weighted by Gasteiger charge is 2.35. The lowest BCUT2D eigenvalue weighted by molar-refractivity contribution is -0.140. The lowest BCUT2D eigenvalue weighted by Crippen LogP contribution is -2.25. The lowest BCUT2D eigenvalue weighted by Gasteiger charge is -2.31. The standard InChI is InChI=1S/C26H23N3O3/c1-16-13-28-14-21-24(20-10-9-19(12-27)11-22(20)31-3)23(17(2)29-25(16)21)26(30)32-15-18-7-5-4-6-8-18/h4-11,13-14,24,29H,15H2,1-3H3. The molecule has 2 heterocycles. The molecule has 6 nitrogen and oxygen atoms in total. The molecule has 0 saturated carbocycles. The van der Waals surface area contributed by atoms with E-state index in [0.29, 0.717) is 22.6 Å². The maximum absolute atomic E-state index is 13.3. The van der Waals surface area contributed by atoms with Crippen molar-refractivity contribution < 1.29 is 14.3 Å². The van der Waals surface area contributed by atoms with Gasteiger partial charge in [0.05, 0.1) is 30.2 Å². The Morgan fingerprint density at radius 2 is 1.91 bits per heavy atom. The van der Waals surface area contributed by atoms with Crippen LogP contribution >= 0.6 is 0 Å². The molecule has 6 heteroatoms. The van der Waals surface area contributed by atoms with Crippen LogP contribution in [0.1, 0.15) is 40.7 Å². The average molecular weight is 425 g/mol. The predicted molar refractivity (Wildman–Crippen MR) is 121 cm³/mol. The predicted octanol–water partition coefficient (Wildman–Crippen LogP) is 4.85. The van der Waals surface area contributed by atoms with Crippen molar-refractivity contribution in [1.82, 2.24) is 4.98 Å². The summed E-state index contributed by atoms with van der Waals surface area (Å²) in [4.78, 5) is 17.7. The van der Waals surface area contributed by atoms with Crippen molar-refractivity contribution in [1.29, 1.82) is 5.26 Å². The first-order valence-corrected chi connectivity index (χ1v) is 10.2. The molecule has 0 saturated heterocycles. The van der Waals surface area contributed by atoms with Crippen LogP contribution < -0.4 is 10.1 Å². The largest absolute Gasteiger partial charge is 0.496 e. The van der Waals surface area contributed by atoms with E-state index in [4.69, 9.17) is 9.47 Å². The summed E-state index contributed by atoms with van der Waals surface area (Å²) in [5.41, 5.74) is 6.09. The van der Waals surface area contributed by atoms with Crippen LogP contribution in [0.25, 0.3) is 0 Å². The van der Waals surface area contributed by atoms with E-state index in [1.807, 2.05) is 50.2 Å².